The molecule has 0 aliphatic heterocycles. The third-order valence-electron chi connectivity index (χ3n) is 6.97. The van der Waals surface area contributed by atoms with E-state index in [2.05, 4.69) is 24.3 Å². The first-order valence-corrected chi connectivity index (χ1v) is 10.0. The predicted octanol–water partition coefficient (Wildman–Crippen LogP) is 4.58. The molecular formula is C22H24N2O4. The molecule has 0 heterocycles. The summed E-state index contributed by atoms with van der Waals surface area (Å²) in [5, 5.41) is 19.6. The fraction of sp³-hybridized carbons (Fsp3) is 0.455. The number of anilines is 2. The first kappa shape index (κ1) is 17.3. The first-order chi connectivity index (χ1) is 13.5. The quantitative estimate of drug-likeness (QED) is 0.749. The number of rotatable bonds is 4. The number of hydrogen-bond acceptors (Lipinski definition) is 2. The third kappa shape index (κ3) is 2.70. The van der Waals surface area contributed by atoms with Crippen LogP contribution in [0.2, 0.25) is 0 Å². The lowest BCUT2D eigenvalue weighted by Gasteiger charge is -2.33. The Balaban J connectivity index is 1.41. The molecular weight excluding hydrogens is 356 g/mol. The normalized spacial score (nSPS) is 34.1. The van der Waals surface area contributed by atoms with E-state index in [1.807, 2.05) is 0 Å². The highest BCUT2D eigenvalue weighted by atomic mass is 16.4. The molecule has 4 aliphatic carbocycles. The smallest absolute Gasteiger partial charge is 0.412 e. The molecule has 2 saturated carbocycles. The van der Waals surface area contributed by atoms with Gasteiger partial charge < -0.3 is 10.2 Å². The van der Waals surface area contributed by atoms with E-state index in [1.165, 1.54) is 9.80 Å². The fourth-order valence-electron chi connectivity index (χ4n) is 5.76. The molecule has 146 valence electrons. The van der Waals surface area contributed by atoms with Crippen molar-refractivity contribution < 1.29 is 19.8 Å². The van der Waals surface area contributed by atoms with E-state index < -0.39 is 12.2 Å². The SMILES string of the molecule is O=C(O)N(c1ccc(N(C(=O)O)C2CC3C=CC2C3)cc1)C1CC2C=CC1C2. The maximum atomic E-state index is 12.0. The van der Waals surface area contributed by atoms with Gasteiger partial charge in [-0.3, -0.25) is 9.80 Å². The van der Waals surface area contributed by atoms with Gasteiger partial charge in [0.15, 0.2) is 0 Å². The van der Waals surface area contributed by atoms with Gasteiger partial charge in [-0.25, -0.2) is 9.59 Å². The molecule has 1 aromatic carbocycles. The Morgan fingerprint density at radius 1 is 0.679 bits per heavy atom. The average molecular weight is 380 g/mol. The lowest BCUT2D eigenvalue weighted by Crippen LogP contribution is -2.43. The van der Waals surface area contributed by atoms with E-state index in [0.29, 0.717) is 23.2 Å². The number of nitrogens with zero attached hydrogens (tertiary/aromatic N) is 2. The molecule has 4 aliphatic rings. The van der Waals surface area contributed by atoms with Crippen molar-refractivity contribution in [2.24, 2.45) is 23.7 Å². The number of carboxylic acid groups (broad SMARTS) is 2. The summed E-state index contributed by atoms with van der Waals surface area (Å²) in [5.41, 5.74) is 1.22. The van der Waals surface area contributed by atoms with E-state index in [-0.39, 0.29) is 23.9 Å². The molecule has 6 atom stereocenters. The van der Waals surface area contributed by atoms with Crippen LogP contribution in [0.4, 0.5) is 21.0 Å². The van der Waals surface area contributed by atoms with Crippen molar-refractivity contribution in [2.75, 3.05) is 9.80 Å². The highest BCUT2D eigenvalue weighted by molar-refractivity contribution is 5.90. The molecule has 2 amide bonds. The molecule has 0 radical (unpaired) electrons. The highest BCUT2D eigenvalue weighted by Crippen LogP contribution is 2.45. The summed E-state index contributed by atoms with van der Waals surface area (Å²) in [4.78, 5) is 26.9. The summed E-state index contributed by atoms with van der Waals surface area (Å²) in [6, 6.07) is 6.92. The molecule has 0 saturated heterocycles. The van der Waals surface area contributed by atoms with Crippen molar-refractivity contribution in [3.05, 3.63) is 48.6 Å². The zero-order valence-corrected chi connectivity index (χ0v) is 15.5. The number of allylic oxidation sites excluding steroid dienone is 2. The Morgan fingerprint density at radius 3 is 1.32 bits per heavy atom. The summed E-state index contributed by atoms with van der Waals surface area (Å²) < 4.78 is 0. The second-order valence-electron chi connectivity index (χ2n) is 8.52. The van der Waals surface area contributed by atoms with Crippen LogP contribution in [0, 0.1) is 23.7 Å². The molecule has 6 unspecified atom stereocenters. The van der Waals surface area contributed by atoms with Crippen LogP contribution in [0.15, 0.2) is 48.6 Å². The van der Waals surface area contributed by atoms with E-state index in [0.717, 1.165) is 25.7 Å². The predicted molar refractivity (Wildman–Crippen MR) is 106 cm³/mol. The van der Waals surface area contributed by atoms with Crippen molar-refractivity contribution in [1.29, 1.82) is 0 Å². The van der Waals surface area contributed by atoms with Crippen LogP contribution in [0.5, 0.6) is 0 Å². The molecule has 2 N–H and O–H groups in total. The fourth-order valence-corrected chi connectivity index (χ4v) is 5.76. The van der Waals surface area contributed by atoms with Gasteiger partial charge in [0.1, 0.15) is 0 Å². The minimum absolute atomic E-state index is 0.0374. The van der Waals surface area contributed by atoms with Gasteiger partial charge in [-0.05, 0) is 73.6 Å². The zero-order chi connectivity index (χ0) is 19.4. The van der Waals surface area contributed by atoms with Crippen molar-refractivity contribution in [2.45, 2.75) is 37.8 Å². The molecule has 4 bridgehead atoms. The van der Waals surface area contributed by atoms with Crippen LogP contribution >= 0.6 is 0 Å². The number of benzene rings is 1. The van der Waals surface area contributed by atoms with Crippen LogP contribution in [0.3, 0.4) is 0 Å². The van der Waals surface area contributed by atoms with Gasteiger partial charge in [0, 0.05) is 23.5 Å². The zero-order valence-electron chi connectivity index (χ0n) is 15.5. The van der Waals surface area contributed by atoms with E-state index in [9.17, 15) is 19.8 Å². The monoisotopic (exact) mass is 380 g/mol. The van der Waals surface area contributed by atoms with Gasteiger partial charge in [-0.15, -0.1) is 0 Å². The summed E-state index contributed by atoms with van der Waals surface area (Å²) in [6.07, 6.45) is 10.5. The summed E-state index contributed by atoms with van der Waals surface area (Å²) in [6.45, 7) is 0. The number of amides is 2. The number of hydrogen-bond donors (Lipinski definition) is 2. The van der Waals surface area contributed by atoms with Gasteiger partial charge in [0.05, 0.1) is 0 Å². The van der Waals surface area contributed by atoms with Crippen LogP contribution < -0.4 is 9.80 Å². The Bertz CT molecular complexity index is 791. The second-order valence-corrected chi connectivity index (χ2v) is 8.52. The molecule has 6 nitrogen and oxygen atoms in total. The summed E-state index contributed by atoms with van der Waals surface area (Å²) in [5.74, 6) is 1.50. The molecule has 6 heteroatoms. The largest absolute Gasteiger partial charge is 0.465 e. The minimum Gasteiger partial charge on any atom is -0.465 e. The Labute approximate surface area is 163 Å². The van der Waals surface area contributed by atoms with Gasteiger partial charge in [0.25, 0.3) is 0 Å². The van der Waals surface area contributed by atoms with Crippen molar-refractivity contribution in [3.63, 3.8) is 0 Å². The molecule has 0 spiro atoms. The molecule has 28 heavy (non-hydrogen) atoms. The van der Waals surface area contributed by atoms with Crippen molar-refractivity contribution in [3.8, 4) is 0 Å². The van der Waals surface area contributed by atoms with Crippen LogP contribution in [-0.2, 0) is 0 Å². The van der Waals surface area contributed by atoms with Gasteiger partial charge in [-0.1, -0.05) is 24.3 Å². The van der Waals surface area contributed by atoms with E-state index >= 15 is 0 Å². The first-order valence-electron chi connectivity index (χ1n) is 10.0. The van der Waals surface area contributed by atoms with E-state index in [1.54, 1.807) is 24.3 Å². The Kier molecular flexibility index (Phi) is 3.96. The van der Waals surface area contributed by atoms with Gasteiger partial charge in [0.2, 0.25) is 0 Å². The average Bonchev–Trinajstić information content (AvgIpc) is 3.44. The second kappa shape index (κ2) is 6.40. The molecule has 0 aromatic heterocycles. The maximum Gasteiger partial charge on any atom is 0.412 e. The standard InChI is InChI=1S/C22H24N2O4/c25-21(26)23(19-11-13-1-3-15(19)9-13)17-5-7-18(8-6-17)24(22(27)28)20-12-14-2-4-16(20)10-14/h1-8,13-16,19-20H,9-12H2,(H,25,26)(H,27,28). The highest BCUT2D eigenvalue weighted by Gasteiger charge is 2.43. The molecule has 5 rings (SSSR count). The maximum absolute atomic E-state index is 12.0. The lowest BCUT2D eigenvalue weighted by atomic mass is 9.98. The van der Waals surface area contributed by atoms with Gasteiger partial charge >= 0.3 is 12.2 Å². The topological polar surface area (TPSA) is 81.1 Å². The van der Waals surface area contributed by atoms with Crippen molar-refractivity contribution >= 4 is 23.6 Å². The number of fused-ring (bicyclic) bond motifs is 4. The Morgan fingerprint density at radius 2 is 1.07 bits per heavy atom. The van der Waals surface area contributed by atoms with Crippen molar-refractivity contribution in [1.82, 2.24) is 0 Å². The van der Waals surface area contributed by atoms with Crippen LogP contribution in [0.25, 0.3) is 0 Å². The van der Waals surface area contributed by atoms with Crippen LogP contribution in [-0.4, -0.2) is 34.5 Å². The van der Waals surface area contributed by atoms with E-state index in [4.69, 9.17) is 0 Å². The summed E-state index contributed by atoms with van der Waals surface area (Å²) in [7, 11) is 0. The molecule has 2 fully saturated rings. The lowest BCUT2D eigenvalue weighted by molar-refractivity contribution is 0.196. The van der Waals surface area contributed by atoms with Gasteiger partial charge in [-0.2, -0.15) is 0 Å². The molecule has 1 aromatic rings. The third-order valence-corrected chi connectivity index (χ3v) is 6.97. The Hall–Kier alpha value is -2.76. The summed E-state index contributed by atoms with van der Waals surface area (Å²) >= 11 is 0. The minimum atomic E-state index is -0.952. The number of carbonyl (C=O) groups is 2. The van der Waals surface area contributed by atoms with Crippen LogP contribution in [0.1, 0.15) is 25.7 Å².